The predicted octanol–water partition coefficient (Wildman–Crippen LogP) is 3.49. The molecule has 0 spiro atoms. The number of hydrogen-bond acceptors (Lipinski definition) is 3. The van der Waals surface area contributed by atoms with Gasteiger partial charge in [0.1, 0.15) is 0 Å². The molecule has 0 saturated heterocycles. The zero-order valence-corrected chi connectivity index (χ0v) is 14.0. The van der Waals surface area contributed by atoms with Gasteiger partial charge < -0.3 is 4.85 Å². The van der Waals surface area contributed by atoms with Crippen LogP contribution in [0.3, 0.4) is 0 Å². The Bertz CT molecular complexity index is 706. The molecule has 0 amide bonds. The largest absolute Gasteiger partial charge is 0.305 e. The lowest BCUT2D eigenvalue weighted by Crippen LogP contribution is -2.58. The van der Waals surface area contributed by atoms with Crippen LogP contribution in [0.5, 0.6) is 0 Å². The molecule has 4 atom stereocenters. The topological polar surface area (TPSA) is 62.3 Å². The van der Waals surface area contributed by atoms with E-state index in [4.69, 9.17) is 6.57 Å². The monoisotopic (exact) mass is 310 g/mol. The highest BCUT2D eigenvalue weighted by molar-refractivity contribution is 5.94. The third-order valence-corrected chi connectivity index (χ3v) is 6.66. The second-order valence-electron chi connectivity index (χ2n) is 8.16. The molecule has 2 saturated carbocycles. The van der Waals surface area contributed by atoms with Gasteiger partial charge in [-0.05, 0) is 36.8 Å². The first-order chi connectivity index (χ1) is 10.7. The van der Waals surface area contributed by atoms with Crippen molar-refractivity contribution in [3.63, 3.8) is 0 Å². The quantitative estimate of drug-likeness (QED) is 0.643. The summed E-state index contributed by atoms with van der Waals surface area (Å²) in [4.78, 5) is 28.3. The van der Waals surface area contributed by atoms with Crippen molar-refractivity contribution in [3.05, 3.63) is 23.1 Å². The van der Waals surface area contributed by atoms with E-state index in [-0.39, 0.29) is 17.5 Å². The minimum atomic E-state index is -0.668. The SMILES string of the molecule is [C-]#[N+]C1C[C@]2(C)C3=CC(=O)CC[C@]3(C#N)CC[C@H]2C(C)(C)C1=O. The lowest BCUT2D eigenvalue weighted by atomic mass is 9.43. The predicted molar refractivity (Wildman–Crippen MR) is 85.0 cm³/mol. The van der Waals surface area contributed by atoms with E-state index in [1.807, 2.05) is 13.8 Å². The molecule has 4 nitrogen and oxygen atoms in total. The number of carbonyl (C=O) groups is 2. The van der Waals surface area contributed by atoms with Crippen LogP contribution in [0, 0.1) is 40.1 Å². The summed E-state index contributed by atoms with van der Waals surface area (Å²) < 4.78 is 0. The molecular formula is C19H22N2O2. The molecule has 0 N–H and O–H groups in total. The minimum absolute atomic E-state index is 0.0159. The van der Waals surface area contributed by atoms with Gasteiger partial charge in [0.25, 0.3) is 6.04 Å². The molecule has 120 valence electrons. The molecular weight excluding hydrogens is 288 g/mol. The molecule has 1 unspecified atom stereocenters. The maximum absolute atomic E-state index is 12.7. The zero-order chi connectivity index (χ0) is 17.0. The van der Waals surface area contributed by atoms with Gasteiger partial charge in [-0.25, -0.2) is 6.57 Å². The molecule has 4 heteroatoms. The summed E-state index contributed by atoms with van der Waals surface area (Å²) in [5.74, 6) is 0.170. The fraction of sp³-hybridized carbons (Fsp3) is 0.684. The maximum atomic E-state index is 12.7. The molecule has 3 rings (SSSR count). The summed E-state index contributed by atoms with van der Waals surface area (Å²) in [6.07, 6.45) is 4.62. The van der Waals surface area contributed by atoms with Gasteiger partial charge in [0.15, 0.2) is 5.78 Å². The Labute approximate surface area is 137 Å². The van der Waals surface area contributed by atoms with E-state index in [0.29, 0.717) is 25.7 Å². The van der Waals surface area contributed by atoms with Crippen LogP contribution in [0.4, 0.5) is 0 Å². The summed E-state index contributed by atoms with van der Waals surface area (Å²) in [5, 5.41) is 9.84. The summed E-state index contributed by atoms with van der Waals surface area (Å²) >= 11 is 0. The average molecular weight is 310 g/mol. The van der Waals surface area contributed by atoms with Crippen LogP contribution >= 0.6 is 0 Å². The fourth-order valence-electron chi connectivity index (χ4n) is 5.49. The summed E-state index contributed by atoms with van der Waals surface area (Å²) in [6, 6.07) is 1.82. The van der Waals surface area contributed by atoms with Crippen molar-refractivity contribution in [2.75, 3.05) is 0 Å². The van der Waals surface area contributed by atoms with Gasteiger partial charge in [0.05, 0.1) is 11.5 Å². The molecule has 0 bridgehead atoms. The molecule has 0 aromatic carbocycles. The van der Waals surface area contributed by atoms with Gasteiger partial charge in [-0.2, -0.15) is 5.26 Å². The Kier molecular flexibility index (Phi) is 3.31. The van der Waals surface area contributed by atoms with Gasteiger partial charge in [-0.3, -0.25) is 9.59 Å². The Morgan fingerprint density at radius 3 is 2.61 bits per heavy atom. The molecule has 23 heavy (non-hydrogen) atoms. The Balaban J connectivity index is 2.19. The summed E-state index contributed by atoms with van der Waals surface area (Å²) in [7, 11) is 0. The van der Waals surface area contributed by atoms with Gasteiger partial charge in [0, 0.05) is 23.7 Å². The molecule has 0 radical (unpaired) electrons. The minimum Gasteiger partial charge on any atom is -0.305 e. The molecule has 3 aliphatic carbocycles. The van der Waals surface area contributed by atoms with E-state index in [9.17, 15) is 14.9 Å². The number of allylic oxidation sites excluding steroid dienone is 2. The molecule has 0 aromatic heterocycles. The number of carbonyl (C=O) groups excluding carboxylic acids is 2. The van der Waals surface area contributed by atoms with E-state index >= 15 is 0 Å². The van der Waals surface area contributed by atoms with Crippen LogP contribution in [-0.2, 0) is 9.59 Å². The third-order valence-electron chi connectivity index (χ3n) is 6.66. The van der Waals surface area contributed by atoms with E-state index < -0.39 is 22.3 Å². The Morgan fingerprint density at radius 1 is 1.30 bits per heavy atom. The van der Waals surface area contributed by atoms with Gasteiger partial charge in [-0.15, -0.1) is 0 Å². The van der Waals surface area contributed by atoms with Crippen molar-refractivity contribution < 1.29 is 9.59 Å². The number of rotatable bonds is 0. The van der Waals surface area contributed by atoms with E-state index in [2.05, 4.69) is 17.8 Å². The summed E-state index contributed by atoms with van der Waals surface area (Å²) in [6.45, 7) is 13.3. The second kappa shape index (κ2) is 4.78. The van der Waals surface area contributed by atoms with Crippen LogP contribution < -0.4 is 0 Å². The lowest BCUT2D eigenvalue weighted by Gasteiger charge is -2.58. The van der Waals surface area contributed by atoms with Crippen molar-refractivity contribution in [1.29, 1.82) is 5.26 Å². The van der Waals surface area contributed by atoms with E-state index in [0.717, 1.165) is 12.0 Å². The Morgan fingerprint density at radius 2 is 2.00 bits per heavy atom. The number of hydrogen-bond donors (Lipinski definition) is 0. The van der Waals surface area contributed by atoms with Crippen LogP contribution in [0.2, 0.25) is 0 Å². The van der Waals surface area contributed by atoms with Crippen molar-refractivity contribution in [2.24, 2.45) is 22.2 Å². The molecule has 0 aliphatic heterocycles. The normalized spacial score (nSPS) is 41.9. The lowest BCUT2D eigenvalue weighted by molar-refractivity contribution is -0.142. The first-order valence-electron chi connectivity index (χ1n) is 8.29. The number of nitriles is 1. The van der Waals surface area contributed by atoms with Crippen molar-refractivity contribution >= 4 is 11.6 Å². The number of ketones is 2. The number of fused-ring (bicyclic) bond motifs is 3. The molecule has 0 aromatic rings. The van der Waals surface area contributed by atoms with Crippen molar-refractivity contribution in [1.82, 2.24) is 0 Å². The highest BCUT2D eigenvalue weighted by atomic mass is 16.1. The van der Waals surface area contributed by atoms with Gasteiger partial charge in [0.2, 0.25) is 5.78 Å². The highest BCUT2D eigenvalue weighted by Gasteiger charge is 2.64. The van der Waals surface area contributed by atoms with Crippen LogP contribution in [0.25, 0.3) is 4.85 Å². The second-order valence-corrected chi connectivity index (χ2v) is 8.16. The van der Waals surface area contributed by atoms with Gasteiger partial charge >= 0.3 is 0 Å². The zero-order valence-electron chi connectivity index (χ0n) is 14.0. The molecule has 2 fully saturated rings. The van der Waals surface area contributed by atoms with Crippen LogP contribution in [-0.4, -0.2) is 17.6 Å². The smallest absolute Gasteiger partial charge is 0.282 e. The standard InChI is InChI=1S/C19H22N2O2/c1-17(2)14-6-8-19(11-20)7-5-12(22)9-15(19)18(14,3)10-13(21-4)16(17)23/h9,13-14H,5-8,10H2,1-3H3/t13?,14-,18-,19+/m0/s1. The first-order valence-corrected chi connectivity index (χ1v) is 8.29. The number of Topliss-reactive ketones (excluding diaryl/α,β-unsaturated/α-hetero) is 1. The Hall–Kier alpha value is -1.94. The molecule has 0 heterocycles. The number of nitrogens with zero attached hydrogens (tertiary/aromatic N) is 2. The van der Waals surface area contributed by atoms with Crippen molar-refractivity contribution in [3.8, 4) is 6.07 Å². The fourth-order valence-corrected chi connectivity index (χ4v) is 5.49. The third kappa shape index (κ3) is 1.94. The first kappa shape index (κ1) is 15.9. The van der Waals surface area contributed by atoms with Crippen LogP contribution in [0.1, 0.15) is 52.9 Å². The van der Waals surface area contributed by atoms with E-state index in [1.165, 1.54) is 0 Å². The highest BCUT2D eigenvalue weighted by Crippen LogP contribution is 2.65. The van der Waals surface area contributed by atoms with E-state index in [1.54, 1.807) is 6.08 Å². The maximum Gasteiger partial charge on any atom is 0.282 e. The molecule has 3 aliphatic rings. The van der Waals surface area contributed by atoms with Crippen molar-refractivity contribution in [2.45, 2.75) is 58.9 Å². The average Bonchev–Trinajstić information content (AvgIpc) is 2.52. The summed E-state index contributed by atoms with van der Waals surface area (Å²) in [5.41, 5.74) is -0.696. The van der Waals surface area contributed by atoms with Crippen LogP contribution in [0.15, 0.2) is 11.6 Å². The van der Waals surface area contributed by atoms with Gasteiger partial charge in [-0.1, -0.05) is 20.8 Å².